The van der Waals surface area contributed by atoms with Crippen LogP contribution in [-0.2, 0) is 6.18 Å². The number of benzene rings is 1. The number of unbranched alkanes of at least 4 members (excludes halogenated alkanes) is 2. The predicted molar refractivity (Wildman–Crippen MR) is 93.2 cm³/mol. The lowest BCUT2D eigenvalue weighted by atomic mass is 10.2. The van der Waals surface area contributed by atoms with Crippen LogP contribution in [0.3, 0.4) is 0 Å². The van der Waals surface area contributed by atoms with E-state index in [4.69, 9.17) is 5.73 Å². The fourth-order valence-corrected chi connectivity index (χ4v) is 3.33. The highest BCUT2D eigenvalue weighted by molar-refractivity contribution is 7.99. The summed E-state index contributed by atoms with van der Waals surface area (Å²) in [5, 5.41) is 4.07. The average molecular weight is 357 g/mol. The molecule has 0 amide bonds. The van der Waals surface area contributed by atoms with Gasteiger partial charge in [0.25, 0.3) is 0 Å². The van der Waals surface area contributed by atoms with Crippen molar-refractivity contribution in [1.82, 2.24) is 10.3 Å². The first-order chi connectivity index (χ1) is 11.5. The van der Waals surface area contributed by atoms with Crippen molar-refractivity contribution in [2.75, 3.05) is 25.4 Å². The molecular formula is C17H22F3N3S. The number of hydrogen-bond donors (Lipinski definition) is 2. The summed E-state index contributed by atoms with van der Waals surface area (Å²) >= 11 is 1.43. The number of alkyl halides is 3. The maximum absolute atomic E-state index is 13.0. The molecule has 0 aliphatic carbocycles. The van der Waals surface area contributed by atoms with E-state index in [0.717, 1.165) is 43.8 Å². The van der Waals surface area contributed by atoms with Crippen LogP contribution < -0.4 is 11.1 Å². The number of fused-ring (bicyclic) bond motifs is 1. The zero-order valence-corrected chi connectivity index (χ0v) is 14.2. The molecule has 1 heterocycles. The number of hydrogen-bond acceptors (Lipinski definition) is 4. The monoisotopic (exact) mass is 357 g/mol. The first-order valence-electron chi connectivity index (χ1n) is 8.03. The molecule has 3 nitrogen and oxygen atoms in total. The molecule has 132 valence electrons. The molecular weight excluding hydrogens is 335 g/mol. The van der Waals surface area contributed by atoms with E-state index in [-0.39, 0.29) is 0 Å². The van der Waals surface area contributed by atoms with Crippen molar-refractivity contribution >= 4 is 22.7 Å². The normalized spacial score (nSPS) is 12.0. The van der Waals surface area contributed by atoms with Gasteiger partial charge in [0.2, 0.25) is 0 Å². The number of aromatic nitrogens is 1. The molecule has 1 aromatic carbocycles. The van der Waals surface area contributed by atoms with Crippen molar-refractivity contribution < 1.29 is 13.2 Å². The van der Waals surface area contributed by atoms with E-state index in [0.29, 0.717) is 22.7 Å². The smallest absolute Gasteiger partial charge is 0.330 e. The number of rotatable bonds is 9. The van der Waals surface area contributed by atoms with Crippen LogP contribution >= 0.6 is 11.8 Å². The molecule has 0 atom stereocenters. The van der Waals surface area contributed by atoms with Crippen molar-refractivity contribution in [3.63, 3.8) is 0 Å². The predicted octanol–water partition coefficient (Wildman–Crippen LogP) is 4.06. The number of pyridine rings is 1. The fourth-order valence-electron chi connectivity index (χ4n) is 2.34. The van der Waals surface area contributed by atoms with Crippen LogP contribution in [0.2, 0.25) is 0 Å². The van der Waals surface area contributed by atoms with E-state index in [1.165, 1.54) is 11.8 Å². The molecule has 0 spiro atoms. The number of para-hydroxylation sites is 1. The molecule has 24 heavy (non-hydrogen) atoms. The summed E-state index contributed by atoms with van der Waals surface area (Å²) in [6, 6.07) is 8.09. The number of nitrogens with zero attached hydrogens (tertiary/aromatic N) is 1. The Morgan fingerprint density at radius 2 is 1.88 bits per heavy atom. The Balaban J connectivity index is 1.95. The fraction of sp³-hybridized carbons (Fsp3) is 0.471. The molecule has 1 aromatic heterocycles. The lowest BCUT2D eigenvalue weighted by Crippen LogP contribution is -2.18. The van der Waals surface area contributed by atoms with Gasteiger partial charge >= 0.3 is 6.18 Å². The van der Waals surface area contributed by atoms with Crippen LogP contribution in [0.1, 0.15) is 25.0 Å². The average Bonchev–Trinajstić information content (AvgIpc) is 2.56. The number of nitrogens with one attached hydrogen (secondary N) is 1. The Hall–Kier alpha value is -1.31. The molecule has 0 unspecified atom stereocenters. The summed E-state index contributed by atoms with van der Waals surface area (Å²) in [4.78, 5) is 4.35. The maximum Gasteiger partial charge on any atom is 0.433 e. The van der Waals surface area contributed by atoms with Gasteiger partial charge in [-0.3, -0.25) is 0 Å². The van der Waals surface area contributed by atoms with Gasteiger partial charge in [0, 0.05) is 22.6 Å². The Kier molecular flexibility index (Phi) is 7.33. The van der Waals surface area contributed by atoms with Crippen molar-refractivity contribution in [1.29, 1.82) is 0 Å². The summed E-state index contributed by atoms with van der Waals surface area (Å²) in [5.41, 5.74) is 4.98. The molecule has 7 heteroatoms. The first kappa shape index (κ1) is 19.0. The first-order valence-corrected chi connectivity index (χ1v) is 9.01. The minimum atomic E-state index is -4.43. The molecule has 0 radical (unpaired) electrons. The zero-order valence-electron chi connectivity index (χ0n) is 13.4. The van der Waals surface area contributed by atoms with Crippen LogP contribution in [-0.4, -0.2) is 30.4 Å². The van der Waals surface area contributed by atoms with Crippen LogP contribution in [0.4, 0.5) is 13.2 Å². The largest absolute Gasteiger partial charge is 0.433 e. The Bertz CT molecular complexity index is 647. The summed E-state index contributed by atoms with van der Waals surface area (Å²) < 4.78 is 39.0. The van der Waals surface area contributed by atoms with E-state index in [1.54, 1.807) is 12.1 Å². The molecule has 0 aliphatic heterocycles. The summed E-state index contributed by atoms with van der Waals surface area (Å²) in [6.45, 7) is 2.38. The second-order valence-electron chi connectivity index (χ2n) is 5.47. The van der Waals surface area contributed by atoms with Gasteiger partial charge in [0.05, 0.1) is 5.52 Å². The summed E-state index contributed by atoms with van der Waals surface area (Å²) in [7, 11) is 0. The van der Waals surface area contributed by atoms with Gasteiger partial charge in [-0.1, -0.05) is 24.6 Å². The van der Waals surface area contributed by atoms with Crippen molar-refractivity contribution in [3.8, 4) is 0 Å². The minimum absolute atomic E-state index is 0.379. The van der Waals surface area contributed by atoms with Gasteiger partial charge < -0.3 is 11.1 Å². The van der Waals surface area contributed by atoms with E-state index in [1.807, 2.05) is 12.1 Å². The highest BCUT2D eigenvalue weighted by atomic mass is 32.2. The Morgan fingerprint density at radius 1 is 1.08 bits per heavy atom. The standard InChI is InChI=1S/C17H22F3N3S/c18-17(19,20)16-12-15(13-6-2-3-7-14(13)23-16)24-11-10-22-9-5-1-4-8-21/h2-3,6-7,12,22H,1,4-5,8-11,21H2. The van der Waals surface area contributed by atoms with Crippen molar-refractivity contribution in [3.05, 3.63) is 36.0 Å². The maximum atomic E-state index is 13.0. The van der Waals surface area contributed by atoms with Crippen LogP contribution in [0.15, 0.2) is 35.2 Å². The number of nitrogens with two attached hydrogens (primary N) is 1. The second-order valence-corrected chi connectivity index (χ2v) is 6.61. The lowest BCUT2D eigenvalue weighted by Gasteiger charge is -2.11. The van der Waals surface area contributed by atoms with Crippen molar-refractivity contribution in [2.24, 2.45) is 5.73 Å². The SMILES string of the molecule is NCCCCCNCCSc1cc(C(F)(F)F)nc2ccccc12. The van der Waals surface area contributed by atoms with Gasteiger partial charge in [0.1, 0.15) is 5.69 Å². The van der Waals surface area contributed by atoms with Gasteiger partial charge in [0.15, 0.2) is 0 Å². The zero-order chi connectivity index (χ0) is 17.4. The van der Waals surface area contributed by atoms with Crippen LogP contribution in [0.25, 0.3) is 10.9 Å². The summed E-state index contributed by atoms with van der Waals surface area (Å²) in [5.74, 6) is 0.711. The van der Waals surface area contributed by atoms with Gasteiger partial charge in [-0.05, 0) is 38.1 Å². The quantitative estimate of drug-likeness (QED) is 0.525. The van der Waals surface area contributed by atoms with Crippen LogP contribution in [0, 0.1) is 0 Å². The summed E-state index contributed by atoms with van der Waals surface area (Å²) in [6.07, 6.45) is -1.24. The molecule has 0 fully saturated rings. The Morgan fingerprint density at radius 3 is 2.62 bits per heavy atom. The Labute approximate surface area is 144 Å². The van der Waals surface area contributed by atoms with Crippen molar-refractivity contribution in [2.45, 2.75) is 30.3 Å². The topological polar surface area (TPSA) is 50.9 Å². The number of thioether (sulfide) groups is 1. The minimum Gasteiger partial charge on any atom is -0.330 e. The van der Waals surface area contributed by atoms with Gasteiger partial charge in [-0.25, -0.2) is 4.98 Å². The molecule has 2 aromatic rings. The molecule has 0 aliphatic rings. The van der Waals surface area contributed by atoms with Gasteiger partial charge in [-0.2, -0.15) is 13.2 Å². The molecule has 2 rings (SSSR count). The lowest BCUT2D eigenvalue weighted by molar-refractivity contribution is -0.141. The van der Waals surface area contributed by atoms with Crippen LogP contribution in [0.5, 0.6) is 0 Å². The highest BCUT2D eigenvalue weighted by Gasteiger charge is 2.33. The molecule has 0 saturated carbocycles. The number of halogens is 3. The van der Waals surface area contributed by atoms with E-state index in [2.05, 4.69) is 10.3 Å². The third-order valence-electron chi connectivity index (χ3n) is 3.56. The van der Waals surface area contributed by atoms with E-state index < -0.39 is 11.9 Å². The van der Waals surface area contributed by atoms with Gasteiger partial charge in [-0.15, -0.1) is 11.8 Å². The molecule has 0 saturated heterocycles. The van der Waals surface area contributed by atoms with E-state index in [9.17, 15) is 13.2 Å². The third kappa shape index (κ3) is 5.65. The molecule has 0 bridgehead atoms. The van der Waals surface area contributed by atoms with E-state index >= 15 is 0 Å². The third-order valence-corrected chi connectivity index (χ3v) is 4.62. The highest BCUT2D eigenvalue weighted by Crippen LogP contribution is 2.34. The molecule has 3 N–H and O–H groups in total. The second kappa shape index (κ2) is 9.25.